The number of amides is 1. The first-order valence-corrected chi connectivity index (χ1v) is 9.39. The van der Waals surface area contributed by atoms with E-state index >= 15 is 0 Å². The lowest BCUT2D eigenvalue weighted by Crippen LogP contribution is -2.13. The molecular weight excluding hydrogens is 439 g/mol. The summed E-state index contributed by atoms with van der Waals surface area (Å²) in [6.45, 7) is 1.62. The summed E-state index contributed by atoms with van der Waals surface area (Å²) in [5.74, 6) is -0.0793. The van der Waals surface area contributed by atoms with E-state index < -0.39 is 5.91 Å². The van der Waals surface area contributed by atoms with Crippen molar-refractivity contribution in [2.24, 2.45) is 0 Å². The van der Waals surface area contributed by atoms with Crippen LogP contribution >= 0.6 is 34.8 Å². The fraction of sp³-hybridized carbons (Fsp3) is 0.0526. The van der Waals surface area contributed by atoms with E-state index in [0.29, 0.717) is 37.6 Å². The van der Waals surface area contributed by atoms with Crippen molar-refractivity contribution in [1.82, 2.24) is 15.4 Å². The van der Waals surface area contributed by atoms with E-state index in [2.05, 4.69) is 20.7 Å². The van der Waals surface area contributed by atoms with Crippen LogP contribution in [-0.4, -0.2) is 21.3 Å². The summed E-state index contributed by atoms with van der Waals surface area (Å²) in [5.41, 5.74) is 1.57. The number of aryl methyl sites for hydroxylation is 1. The number of halogens is 3. The zero-order valence-electron chi connectivity index (χ0n) is 14.7. The number of hydrogen-bond acceptors (Lipinski definition) is 6. The number of carbonyl (C=O) groups excluding carboxylic acids is 1. The number of hydrogen-bond donors (Lipinski definition) is 1. The maximum atomic E-state index is 12.8. The highest BCUT2D eigenvalue weighted by Crippen LogP contribution is 2.32. The lowest BCUT2D eigenvalue weighted by Gasteiger charge is -2.04. The largest absolute Gasteiger partial charge is 0.403 e. The van der Waals surface area contributed by atoms with Gasteiger partial charge in [-0.1, -0.05) is 63.3 Å². The SMILES string of the molecule is Cc1onc(-c2ccccc2Cl)c1C(=O)Nc1nnc(-c2ccc(Cl)cc2Cl)o1. The molecule has 2 aromatic heterocycles. The number of benzene rings is 2. The van der Waals surface area contributed by atoms with Gasteiger partial charge < -0.3 is 8.94 Å². The van der Waals surface area contributed by atoms with Crippen LogP contribution in [0.1, 0.15) is 16.1 Å². The minimum atomic E-state index is -0.531. The van der Waals surface area contributed by atoms with Gasteiger partial charge in [-0.15, -0.1) is 5.10 Å². The summed E-state index contributed by atoms with van der Waals surface area (Å²) in [7, 11) is 0. The number of nitrogens with zero attached hydrogens (tertiary/aromatic N) is 3. The second kappa shape index (κ2) is 7.87. The fourth-order valence-corrected chi connectivity index (χ4v) is 3.40. The Morgan fingerprint density at radius 3 is 2.55 bits per heavy atom. The van der Waals surface area contributed by atoms with Gasteiger partial charge >= 0.3 is 6.01 Å². The predicted molar refractivity (Wildman–Crippen MR) is 109 cm³/mol. The van der Waals surface area contributed by atoms with Crippen LogP contribution in [-0.2, 0) is 0 Å². The molecule has 0 bridgehead atoms. The molecule has 0 aliphatic carbocycles. The van der Waals surface area contributed by atoms with Crippen molar-refractivity contribution in [2.75, 3.05) is 5.32 Å². The first-order chi connectivity index (χ1) is 13.9. The number of anilines is 1. The van der Waals surface area contributed by atoms with E-state index in [-0.39, 0.29) is 17.5 Å². The number of carbonyl (C=O) groups is 1. The summed E-state index contributed by atoms with van der Waals surface area (Å²) in [6, 6.07) is 11.7. The quantitative estimate of drug-likeness (QED) is 0.416. The Bertz CT molecular complexity index is 1220. The maximum absolute atomic E-state index is 12.8. The average Bonchev–Trinajstić information content (AvgIpc) is 3.29. The molecule has 0 aliphatic heterocycles. The Balaban J connectivity index is 1.63. The van der Waals surface area contributed by atoms with Crippen molar-refractivity contribution >= 4 is 46.7 Å². The van der Waals surface area contributed by atoms with Gasteiger partial charge in [-0.2, -0.15) is 0 Å². The third-order valence-electron chi connectivity index (χ3n) is 4.03. The van der Waals surface area contributed by atoms with E-state index in [9.17, 15) is 4.79 Å². The molecule has 0 saturated heterocycles. The van der Waals surface area contributed by atoms with Crippen LogP contribution in [0.4, 0.5) is 6.01 Å². The van der Waals surface area contributed by atoms with Crippen molar-refractivity contribution < 1.29 is 13.7 Å². The monoisotopic (exact) mass is 448 g/mol. The number of aromatic nitrogens is 3. The highest BCUT2D eigenvalue weighted by Gasteiger charge is 2.24. The normalized spacial score (nSPS) is 10.9. The third kappa shape index (κ3) is 3.85. The highest BCUT2D eigenvalue weighted by atomic mass is 35.5. The molecule has 0 atom stereocenters. The van der Waals surface area contributed by atoms with Crippen LogP contribution in [0.3, 0.4) is 0 Å². The molecule has 1 amide bonds. The second-order valence-corrected chi connectivity index (χ2v) is 7.18. The second-order valence-electron chi connectivity index (χ2n) is 5.93. The Morgan fingerprint density at radius 2 is 1.79 bits per heavy atom. The van der Waals surface area contributed by atoms with Gasteiger partial charge in [0.15, 0.2) is 0 Å². The van der Waals surface area contributed by atoms with Crippen molar-refractivity contribution in [3.8, 4) is 22.7 Å². The lowest BCUT2D eigenvalue weighted by molar-refractivity contribution is 0.102. The molecule has 1 N–H and O–H groups in total. The van der Waals surface area contributed by atoms with Crippen molar-refractivity contribution in [3.63, 3.8) is 0 Å². The zero-order chi connectivity index (χ0) is 20.5. The van der Waals surface area contributed by atoms with Crippen LogP contribution in [0.25, 0.3) is 22.7 Å². The van der Waals surface area contributed by atoms with Gasteiger partial charge in [0.05, 0.1) is 15.6 Å². The topological polar surface area (TPSA) is 94.1 Å². The van der Waals surface area contributed by atoms with Gasteiger partial charge in [-0.3, -0.25) is 10.1 Å². The van der Waals surface area contributed by atoms with Crippen LogP contribution in [0.2, 0.25) is 15.1 Å². The molecular formula is C19H11Cl3N4O3. The first-order valence-electron chi connectivity index (χ1n) is 8.25. The summed E-state index contributed by atoms with van der Waals surface area (Å²) in [5, 5.41) is 15.5. The molecule has 7 nitrogen and oxygen atoms in total. The molecule has 0 spiro atoms. The molecule has 4 aromatic rings. The van der Waals surface area contributed by atoms with Gasteiger partial charge in [0.25, 0.3) is 11.8 Å². The summed E-state index contributed by atoms with van der Waals surface area (Å²) >= 11 is 18.3. The third-order valence-corrected chi connectivity index (χ3v) is 4.90. The number of rotatable bonds is 4. The standard InChI is InChI=1S/C19H11Cl3N4O3/c1-9-15(16(26-29-9)11-4-2-3-5-13(11)21)17(27)23-19-25-24-18(28-19)12-7-6-10(20)8-14(12)22/h2-8H,1H3,(H,23,25,27). The maximum Gasteiger partial charge on any atom is 0.322 e. The molecule has 10 heteroatoms. The predicted octanol–water partition coefficient (Wildman–Crippen LogP) is 5.91. The molecule has 4 rings (SSSR count). The Hall–Kier alpha value is -2.87. The minimum Gasteiger partial charge on any atom is -0.403 e. The molecule has 0 radical (unpaired) electrons. The first kappa shape index (κ1) is 19.4. The van der Waals surface area contributed by atoms with Crippen LogP contribution in [0.5, 0.6) is 0 Å². The van der Waals surface area contributed by atoms with Crippen LogP contribution in [0.15, 0.2) is 51.4 Å². The van der Waals surface area contributed by atoms with Crippen molar-refractivity contribution in [1.29, 1.82) is 0 Å². The number of nitrogens with one attached hydrogen (secondary N) is 1. The molecule has 0 aliphatic rings. The van der Waals surface area contributed by atoms with Gasteiger partial charge in [-0.05, 0) is 31.2 Å². The lowest BCUT2D eigenvalue weighted by atomic mass is 10.1. The summed E-state index contributed by atoms with van der Waals surface area (Å²) in [4.78, 5) is 12.8. The van der Waals surface area contributed by atoms with Gasteiger partial charge in [0.2, 0.25) is 0 Å². The molecule has 2 aromatic carbocycles. The Kier molecular flexibility index (Phi) is 5.27. The van der Waals surface area contributed by atoms with Crippen molar-refractivity contribution in [2.45, 2.75) is 6.92 Å². The fourth-order valence-electron chi connectivity index (χ4n) is 2.68. The Labute approximate surface area is 179 Å². The van der Waals surface area contributed by atoms with E-state index in [0.717, 1.165) is 0 Å². The van der Waals surface area contributed by atoms with E-state index in [1.807, 2.05) is 0 Å². The van der Waals surface area contributed by atoms with Crippen LogP contribution < -0.4 is 5.32 Å². The van der Waals surface area contributed by atoms with Gasteiger partial charge in [0, 0.05) is 10.6 Å². The summed E-state index contributed by atoms with van der Waals surface area (Å²) in [6.07, 6.45) is 0. The molecule has 0 saturated carbocycles. The van der Waals surface area contributed by atoms with Gasteiger partial charge in [0.1, 0.15) is 17.0 Å². The van der Waals surface area contributed by atoms with E-state index in [1.54, 1.807) is 49.4 Å². The minimum absolute atomic E-state index is 0.110. The average molecular weight is 450 g/mol. The van der Waals surface area contributed by atoms with Crippen LogP contribution in [0, 0.1) is 6.92 Å². The summed E-state index contributed by atoms with van der Waals surface area (Å²) < 4.78 is 10.7. The molecule has 29 heavy (non-hydrogen) atoms. The smallest absolute Gasteiger partial charge is 0.322 e. The van der Waals surface area contributed by atoms with E-state index in [4.69, 9.17) is 43.7 Å². The molecule has 2 heterocycles. The van der Waals surface area contributed by atoms with E-state index in [1.165, 1.54) is 0 Å². The highest BCUT2D eigenvalue weighted by molar-refractivity contribution is 6.36. The zero-order valence-corrected chi connectivity index (χ0v) is 17.0. The van der Waals surface area contributed by atoms with Crippen molar-refractivity contribution in [3.05, 3.63) is 68.9 Å². The molecule has 146 valence electrons. The Morgan fingerprint density at radius 1 is 1.00 bits per heavy atom. The molecule has 0 unspecified atom stereocenters. The van der Waals surface area contributed by atoms with Gasteiger partial charge in [-0.25, -0.2) is 0 Å². The molecule has 0 fully saturated rings.